The summed E-state index contributed by atoms with van der Waals surface area (Å²) in [5.41, 5.74) is 3.68. The minimum Gasteiger partial charge on any atom is -1.00 e. The molecule has 5 rings (SSSR count). The second kappa shape index (κ2) is 12.2. The van der Waals surface area contributed by atoms with Gasteiger partial charge >= 0.3 is 0 Å². The van der Waals surface area contributed by atoms with E-state index in [0.29, 0.717) is 68.2 Å². The molecule has 0 radical (unpaired) electrons. The van der Waals surface area contributed by atoms with Crippen molar-refractivity contribution < 1.29 is 46.2 Å². The van der Waals surface area contributed by atoms with Crippen LogP contribution in [0.5, 0.6) is 23.0 Å². The summed E-state index contributed by atoms with van der Waals surface area (Å²) in [7, 11) is 8.59. The summed E-state index contributed by atoms with van der Waals surface area (Å²) in [5, 5.41) is 15.3. The van der Waals surface area contributed by atoms with Crippen LogP contribution in [-0.2, 0) is 0 Å². The lowest BCUT2D eigenvalue weighted by atomic mass is 9.95. The number of aryl methyl sites for hydroxylation is 1. The molecule has 5 N–H and O–H groups in total. The van der Waals surface area contributed by atoms with Gasteiger partial charge in [0.1, 0.15) is 11.4 Å². The number of benzene rings is 2. The lowest BCUT2D eigenvalue weighted by Gasteiger charge is -2.17. The first-order valence-corrected chi connectivity index (χ1v) is 13.8. The Balaban J connectivity index is 0.00000405. The number of anilines is 1. The molecule has 4 aromatic rings. The predicted molar refractivity (Wildman–Crippen MR) is 158 cm³/mol. The topological polar surface area (TPSA) is 133 Å². The molecule has 0 fully saturated rings. The van der Waals surface area contributed by atoms with E-state index in [-0.39, 0.29) is 48.3 Å². The standard InChI is InChI=1S/C29H34ClN5O6.ClH/c1-14-21(28(37)31-7-8-34(2)3)23-22-16(12-30)13-35(18(22)11-19(36)25(23)32-14)29(38)17-9-15-10-20(39-4)26(40-5)27(41-6)24(15)33-17;/h9-11,16,32-33,36H,7-8,12-13H2,1-6H3,(H,31,37);1H. The van der Waals surface area contributed by atoms with Crippen LogP contribution in [0.3, 0.4) is 0 Å². The van der Waals surface area contributed by atoms with Crippen LogP contribution in [0, 0.1) is 6.92 Å². The lowest BCUT2D eigenvalue weighted by molar-refractivity contribution is -0.856. The number of nitrogens with zero attached hydrogens (tertiary/aromatic N) is 1. The Labute approximate surface area is 254 Å². The summed E-state index contributed by atoms with van der Waals surface area (Å²) in [5.74, 6) is 0.634. The number of rotatable bonds is 9. The largest absolute Gasteiger partial charge is 1.00 e. The number of hydrogen-bond donors (Lipinski definition) is 5. The quantitative estimate of drug-likeness (QED) is 0.161. The van der Waals surface area contributed by atoms with Gasteiger partial charge in [-0.15, -0.1) is 11.6 Å². The molecule has 0 saturated heterocycles. The molecule has 42 heavy (non-hydrogen) atoms. The molecule has 2 amide bonds. The molecule has 1 aliphatic heterocycles. The number of aromatic amines is 2. The SMILES string of the molecule is COc1cc2cc(C(=O)N3CC(CCl)c4c3cc(O)c3[nH]c(C)c(C(=O)NCC[NH+](C)C)c43)[nH]c2c(OC)c1OC.[Cl-]. The van der Waals surface area contributed by atoms with Crippen molar-refractivity contribution in [2.75, 3.05) is 65.8 Å². The van der Waals surface area contributed by atoms with E-state index in [1.165, 1.54) is 26.2 Å². The Morgan fingerprint density at radius 3 is 2.43 bits per heavy atom. The number of likely N-dealkylation sites (N-methyl/N-ethyl adjacent to an activating group) is 1. The average molecular weight is 621 g/mol. The van der Waals surface area contributed by atoms with Crippen molar-refractivity contribution in [3.63, 3.8) is 0 Å². The van der Waals surface area contributed by atoms with Crippen LogP contribution in [0.25, 0.3) is 21.8 Å². The van der Waals surface area contributed by atoms with Crippen LogP contribution in [0.15, 0.2) is 18.2 Å². The van der Waals surface area contributed by atoms with Gasteiger partial charge in [-0.3, -0.25) is 9.59 Å². The second-order valence-corrected chi connectivity index (χ2v) is 10.8. The fraction of sp³-hybridized carbons (Fsp3) is 0.379. The zero-order valence-corrected chi connectivity index (χ0v) is 25.8. The van der Waals surface area contributed by atoms with E-state index in [4.69, 9.17) is 25.8 Å². The zero-order chi connectivity index (χ0) is 29.6. The van der Waals surface area contributed by atoms with E-state index in [2.05, 4.69) is 15.3 Å². The Hall–Kier alpha value is -3.80. The van der Waals surface area contributed by atoms with E-state index in [0.717, 1.165) is 12.1 Å². The number of hydrogen-bond acceptors (Lipinski definition) is 6. The van der Waals surface area contributed by atoms with Gasteiger partial charge in [-0.05, 0) is 24.6 Å². The van der Waals surface area contributed by atoms with Gasteiger partial charge in [0.15, 0.2) is 11.5 Å². The number of phenols is 1. The molecule has 1 atom stereocenters. The van der Waals surface area contributed by atoms with Crippen molar-refractivity contribution in [1.29, 1.82) is 0 Å². The van der Waals surface area contributed by atoms with Gasteiger partial charge in [0.05, 0.1) is 70.8 Å². The van der Waals surface area contributed by atoms with E-state index in [9.17, 15) is 14.7 Å². The average Bonchev–Trinajstić information content (AvgIpc) is 3.64. The maximum absolute atomic E-state index is 14.0. The van der Waals surface area contributed by atoms with E-state index >= 15 is 0 Å². The van der Waals surface area contributed by atoms with E-state index in [1.807, 2.05) is 14.1 Å². The number of nitrogens with one attached hydrogen (secondary N) is 4. The summed E-state index contributed by atoms with van der Waals surface area (Å²) in [6, 6.07) is 5.05. The number of H-pyrrole nitrogens is 2. The van der Waals surface area contributed by atoms with Gasteiger partial charge < -0.3 is 56.8 Å². The Morgan fingerprint density at radius 2 is 1.81 bits per heavy atom. The number of carbonyl (C=O) groups excluding carboxylic acids is 2. The van der Waals surface area contributed by atoms with Gasteiger partial charge in [-0.1, -0.05) is 0 Å². The third-order valence-corrected chi connectivity index (χ3v) is 7.96. The van der Waals surface area contributed by atoms with Crippen LogP contribution < -0.4 is 41.7 Å². The van der Waals surface area contributed by atoms with Crippen LogP contribution in [0.1, 0.15) is 38.0 Å². The predicted octanol–water partition coefficient (Wildman–Crippen LogP) is -0.450. The van der Waals surface area contributed by atoms with Crippen LogP contribution in [-0.4, -0.2) is 87.8 Å². The third-order valence-electron chi connectivity index (χ3n) is 7.58. The first-order chi connectivity index (χ1) is 19.6. The Kier molecular flexibility index (Phi) is 9.05. The molecule has 2 aromatic carbocycles. The minimum absolute atomic E-state index is 0. The number of aromatic hydroxyl groups is 1. The summed E-state index contributed by atoms with van der Waals surface area (Å²) < 4.78 is 16.5. The van der Waals surface area contributed by atoms with Crippen LogP contribution >= 0.6 is 11.6 Å². The molecule has 3 heterocycles. The van der Waals surface area contributed by atoms with Gasteiger partial charge in [0, 0.05) is 40.9 Å². The first kappa shape index (κ1) is 31.1. The maximum atomic E-state index is 14.0. The summed E-state index contributed by atoms with van der Waals surface area (Å²) in [4.78, 5) is 36.5. The number of ether oxygens (including phenoxy) is 3. The summed E-state index contributed by atoms with van der Waals surface area (Å²) in [6.07, 6.45) is 0. The van der Waals surface area contributed by atoms with Crippen molar-refractivity contribution in [1.82, 2.24) is 15.3 Å². The Bertz CT molecular complexity index is 1660. The van der Waals surface area contributed by atoms with Crippen molar-refractivity contribution in [2.45, 2.75) is 12.8 Å². The van der Waals surface area contributed by atoms with Gasteiger partial charge in [0.2, 0.25) is 5.75 Å². The number of amides is 2. The molecule has 0 saturated carbocycles. The molecular weight excluding hydrogens is 585 g/mol. The number of alkyl halides is 1. The van der Waals surface area contributed by atoms with Gasteiger partial charge in [-0.2, -0.15) is 0 Å². The van der Waals surface area contributed by atoms with Crippen LogP contribution in [0.4, 0.5) is 5.69 Å². The fourth-order valence-corrected chi connectivity index (χ4v) is 5.91. The molecule has 0 bridgehead atoms. The van der Waals surface area contributed by atoms with Crippen LogP contribution in [0.2, 0.25) is 0 Å². The molecule has 13 heteroatoms. The van der Waals surface area contributed by atoms with E-state index in [1.54, 1.807) is 30.0 Å². The van der Waals surface area contributed by atoms with Gasteiger partial charge in [0.25, 0.3) is 11.8 Å². The minimum atomic E-state index is -0.318. The van der Waals surface area contributed by atoms with E-state index < -0.39 is 0 Å². The van der Waals surface area contributed by atoms with Crippen molar-refractivity contribution in [3.8, 4) is 23.0 Å². The number of carbonyl (C=O) groups is 2. The smallest absolute Gasteiger partial charge is 0.274 e. The number of halogens is 2. The number of methoxy groups -OCH3 is 3. The molecule has 1 aliphatic rings. The molecule has 226 valence electrons. The Morgan fingerprint density at radius 1 is 1.10 bits per heavy atom. The van der Waals surface area contributed by atoms with Gasteiger partial charge in [-0.25, -0.2) is 0 Å². The normalized spacial score (nSPS) is 14.3. The monoisotopic (exact) mass is 619 g/mol. The third kappa shape index (κ3) is 5.05. The molecule has 0 aliphatic carbocycles. The zero-order valence-electron chi connectivity index (χ0n) is 24.3. The first-order valence-electron chi connectivity index (χ1n) is 13.3. The highest BCUT2D eigenvalue weighted by Crippen LogP contribution is 2.48. The van der Waals surface area contributed by atoms with Crippen molar-refractivity contribution in [3.05, 3.63) is 40.7 Å². The molecular formula is C29H35Cl2N5O6. The highest BCUT2D eigenvalue weighted by molar-refractivity contribution is 6.20. The van der Waals surface area contributed by atoms with Crippen molar-refractivity contribution >= 4 is 50.9 Å². The second-order valence-electron chi connectivity index (χ2n) is 10.5. The highest BCUT2D eigenvalue weighted by atomic mass is 35.5. The number of quaternary nitrogens is 1. The summed E-state index contributed by atoms with van der Waals surface area (Å²) >= 11 is 6.45. The molecule has 1 unspecified atom stereocenters. The van der Waals surface area contributed by atoms with Crippen molar-refractivity contribution in [2.24, 2.45) is 0 Å². The number of aromatic nitrogens is 2. The lowest BCUT2D eigenvalue weighted by Crippen LogP contribution is -3.06. The molecule has 11 nitrogen and oxygen atoms in total. The molecule has 2 aromatic heterocycles. The highest BCUT2D eigenvalue weighted by Gasteiger charge is 2.38. The molecule has 0 spiro atoms. The fourth-order valence-electron chi connectivity index (χ4n) is 5.66. The maximum Gasteiger partial charge on any atom is 0.274 e. The number of phenolic OH excluding ortho intramolecular Hbond substituents is 1. The summed E-state index contributed by atoms with van der Waals surface area (Å²) in [6.45, 7) is 3.34. The number of fused-ring (bicyclic) bond motifs is 4.